The highest BCUT2D eigenvalue weighted by atomic mass is 16.5. The number of furan rings is 1. The Kier molecular flexibility index (Phi) is 6.07. The van der Waals surface area contributed by atoms with E-state index in [2.05, 4.69) is 10.3 Å². The second-order valence-electron chi connectivity index (χ2n) is 8.56. The summed E-state index contributed by atoms with van der Waals surface area (Å²) in [5.74, 6) is -2.46. The quantitative estimate of drug-likeness (QED) is 0.601. The first-order chi connectivity index (χ1) is 15.7. The lowest BCUT2D eigenvalue weighted by molar-refractivity contribution is -0.146. The molecule has 0 bridgehead atoms. The normalized spacial score (nSPS) is 21.3. The maximum absolute atomic E-state index is 13.1. The summed E-state index contributed by atoms with van der Waals surface area (Å²) < 4.78 is 10.8. The zero-order valence-electron chi connectivity index (χ0n) is 18.6. The Morgan fingerprint density at radius 1 is 1.06 bits per heavy atom. The number of fused-ring (bicyclic) bond motifs is 1. The van der Waals surface area contributed by atoms with Gasteiger partial charge in [-0.05, 0) is 50.7 Å². The van der Waals surface area contributed by atoms with Crippen molar-refractivity contribution in [1.29, 1.82) is 0 Å². The van der Waals surface area contributed by atoms with E-state index in [0.29, 0.717) is 50.0 Å². The summed E-state index contributed by atoms with van der Waals surface area (Å²) in [5.41, 5.74) is 12.5. The van der Waals surface area contributed by atoms with Crippen LogP contribution in [0.2, 0.25) is 0 Å². The number of nitrogens with two attached hydrogens (primary N) is 2. The number of nitrogens with zero attached hydrogens (tertiary/aromatic N) is 2. The number of amides is 4. The van der Waals surface area contributed by atoms with E-state index in [1.54, 1.807) is 13.8 Å². The number of ether oxygens (including phenoxy) is 1. The van der Waals surface area contributed by atoms with E-state index in [9.17, 15) is 19.2 Å². The third-order valence-electron chi connectivity index (χ3n) is 6.60. The summed E-state index contributed by atoms with van der Waals surface area (Å²) in [5, 5.41) is 2.75. The third-order valence-corrected chi connectivity index (χ3v) is 6.60. The lowest BCUT2D eigenvalue weighted by Crippen LogP contribution is -2.49. The fourth-order valence-electron chi connectivity index (χ4n) is 4.65. The average Bonchev–Trinajstić information content (AvgIpc) is 3.15. The second kappa shape index (κ2) is 8.81. The van der Waals surface area contributed by atoms with Gasteiger partial charge in [0.15, 0.2) is 5.58 Å². The van der Waals surface area contributed by atoms with Gasteiger partial charge in [-0.2, -0.15) is 0 Å². The number of pyridine rings is 1. The maximum atomic E-state index is 13.1. The summed E-state index contributed by atoms with van der Waals surface area (Å²) in [7, 11) is 0. The van der Waals surface area contributed by atoms with E-state index in [-0.39, 0.29) is 58.6 Å². The average molecular weight is 457 g/mol. The molecule has 5 N–H and O–H groups in total. The summed E-state index contributed by atoms with van der Waals surface area (Å²) in [4.78, 5) is 55.2. The number of hydrogen-bond donors (Lipinski definition) is 3. The standard InChI is InChI=1S/C22H27N5O6/c1-10-11(2)18-16(25-15(10)20(23)29)17(19(33-18)21(24)30)26-22(31)12-3-5-13(6-4-12)27-7-8-32-9-14(27)28/h12-13H,3-9H2,1-2H3,(H2,23,29)(H2,24,30)(H,26,31). The van der Waals surface area contributed by atoms with Crippen LogP contribution in [-0.2, 0) is 14.3 Å². The molecule has 1 saturated heterocycles. The van der Waals surface area contributed by atoms with Crippen molar-refractivity contribution >= 4 is 40.4 Å². The van der Waals surface area contributed by atoms with Crippen LogP contribution >= 0.6 is 0 Å². The fourth-order valence-corrected chi connectivity index (χ4v) is 4.65. The minimum atomic E-state index is -0.865. The molecule has 176 valence electrons. The molecule has 4 amide bonds. The van der Waals surface area contributed by atoms with Crippen LogP contribution in [0.15, 0.2) is 4.42 Å². The number of nitrogens with one attached hydrogen (secondary N) is 1. The van der Waals surface area contributed by atoms with E-state index in [0.717, 1.165) is 0 Å². The highest BCUT2D eigenvalue weighted by molar-refractivity contribution is 6.11. The smallest absolute Gasteiger partial charge is 0.286 e. The second-order valence-corrected chi connectivity index (χ2v) is 8.56. The number of hydrogen-bond acceptors (Lipinski definition) is 7. The van der Waals surface area contributed by atoms with Crippen molar-refractivity contribution in [3.05, 3.63) is 22.6 Å². The van der Waals surface area contributed by atoms with Gasteiger partial charge >= 0.3 is 0 Å². The van der Waals surface area contributed by atoms with E-state index >= 15 is 0 Å². The van der Waals surface area contributed by atoms with Gasteiger partial charge in [-0.3, -0.25) is 19.2 Å². The number of primary amides is 2. The molecule has 3 heterocycles. The molecule has 11 heteroatoms. The van der Waals surface area contributed by atoms with Gasteiger partial charge in [0.05, 0.1) is 6.61 Å². The Hall–Kier alpha value is -3.47. The molecule has 2 fully saturated rings. The summed E-state index contributed by atoms with van der Waals surface area (Å²) >= 11 is 0. The van der Waals surface area contributed by atoms with Gasteiger partial charge in [-0.25, -0.2) is 4.98 Å². The van der Waals surface area contributed by atoms with Crippen LogP contribution in [0.25, 0.3) is 11.1 Å². The molecule has 0 spiro atoms. The molecular weight excluding hydrogens is 430 g/mol. The van der Waals surface area contributed by atoms with Crippen molar-refractivity contribution in [2.45, 2.75) is 45.6 Å². The molecule has 1 aliphatic carbocycles. The largest absolute Gasteiger partial charge is 0.447 e. The first-order valence-electron chi connectivity index (χ1n) is 10.9. The molecule has 1 saturated carbocycles. The van der Waals surface area contributed by atoms with Gasteiger partial charge in [0.2, 0.25) is 17.6 Å². The first kappa shape index (κ1) is 22.7. The molecule has 33 heavy (non-hydrogen) atoms. The molecule has 0 aromatic carbocycles. The van der Waals surface area contributed by atoms with Crippen LogP contribution in [0.3, 0.4) is 0 Å². The topological polar surface area (TPSA) is 171 Å². The zero-order valence-corrected chi connectivity index (χ0v) is 18.6. The van der Waals surface area contributed by atoms with Crippen LogP contribution in [0.1, 0.15) is 57.9 Å². The number of carbonyl (C=O) groups excluding carboxylic acids is 4. The molecule has 2 aromatic rings. The molecule has 1 aliphatic heterocycles. The first-order valence-corrected chi connectivity index (χ1v) is 10.9. The van der Waals surface area contributed by atoms with Crippen molar-refractivity contribution < 1.29 is 28.3 Å². The fraction of sp³-hybridized carbons (Fsp3) is 0.500. The van der Waals surface area contributed by atoms with E-state index in [1.165, 1.54) is 0 Å². The molecule has 4 rings (SSSR count). The van der Waals surface area contributed by atoms with Crippen molar-refractivity contribution in [2.75, 3.05) is 25.1 Å². The number of anilines is 1. The molecule has 11 nitrogen and oxygen atoms in total. The number of aromatic nitrogens is 1. The molecule has 2 aliphatic rings. The van der Waals surface area contributed by atoms with Crippen molar-refractivity contribution in [2.24, 2.45) is 17.4 Å². The third kappa shape index (κ3) is 4.15. The van der Waals surface area contributed by atoms with E-state index in [4.69, 9.17) is 20.6 Å². The number of rotatable bonds is 5. The number of carbonyl (C=O) groups is 4. The van der Waals surface area contributed by atoms with Gasteiger partial charge in [-0.1, -0.05) is 0 Å². The van der Waals surface area contributed by atoms with E-state index < -0.39 is 11.8 Å². The predicted molar refractivity (Wildman–Crippen MR) is 117 cm³/mol. The molecule has 0 unspecified atom stereocenters. The maximum Gasteiger partial charge on any atom is 0.286 e. The Morgan fingerprint density at radius 3 is 2.36 bits per heavy atom. The molecule has 0 radical (unpaired) electrons. The van der Waals surface area contributed by atoms with Crippen LogP contribution in [-0.4, -0.2) is 59.3 Å². The summed E-state index contributed by atoms with van der Waals surface area (Å²) in [6, 6.07) is 0.0896. The van der Waals surface area contributed by atoms with Gasteiger partial charge in [0.25, 0.3) is 11.8 Å². The van der Waals surface area contributed by atoms with Crippen LogP contribution in [0, 0.1) is 19.8 Å². The minimum Gasteiger partial charge on any atom is -0.447 e. The van der Waals surface area contributed by atoms with Crippen LogP contribution in [0.5, 0.6) is 0 Å². The monoisotopic (exact) mass is 457 g/mol. The molecule has 0 atom stereocenters. The Morgan fingerprint density at radius 2 is 1.76 bits per heavy atom. The number of morpholine rings is 1. The van der Waals surface area contributed by atoms with Crippen molar-refractivity contribution in [3.8, 4) is 0 Å². The van der Waals surface area contributed by atoms with Crippen molar-refractivity contribution in [1.82, 2.24) is 9.88 Å². The Balaban J connectivity index is 1.56. The van der Waals surface area contributed by atoms with Gasteiger partial charge < -0.3 is 30.8 Å². The van der Waals surface area contributed by atoms with Crippen molar-refractivity contribution in [3.63, 3.8) is 0 Å². The Labute approximate surface area is 189 Å². The highest BCUT2D eigenvalue weighted by Crippen LogP contribution is 2.35. The Bertz CT molecular complexity index is 1150. The SMILES string of the molecule is Cc1c(C(N)=O)nc2c(NC(=O)C3CCC(N4CCOCC4=O)CC3)c(C(N)=O)oc2c1C. The predicted octanol–water partition coefficient (Wildman–Crippen LogP) is 0.999. The van der Waals surface area contributed by atoms with Gasteiger partial charge in [-0.15, -0.1) is 0 Å². The minimum absolute atomic E-state index is 0.0212. The van der Waals surface area contributed by atoms with Crippen LogP contribution in [0.4, 0.5) is 5.69 Å². The lowest BCUT2D eigenvalue weighted by Gasteiger charge is -2.38. The van der Waals surface area contributed by atoms with Gasteiger partial charge in [0, 0.05) is 18.5 Å². The number of aryl methyl sites for hydroxylation is 1. The molecule has 2 aromatic heterocycles. The van der Waals surface area contributed by atoms with Crippen LogP contribution < -0.4 is 16.8 Å². The highest BCUT2D eigenvalue weighted by Gasteiger charge is 2.34. The summed E-state index contributed by atoms with van der Waals surface area (Å²) in [6.45, 7) is 4.57. The lowest BCUT2D eigenvalue weighted by atomic mass is 9.84. The van der Waals surface area contributed by atoms with E-state index in [1.807, 2.05) is 4.90 Å². The van der Waals surface area contributed by atoms with Gasteiger partial charge in [0.1, 0.15) is 23.5 Å². The zero-order chi connectivity index (χ0) is 23.9. The summed E-state index contributed by atoms with van der Waals surface area (Å²) in [6.07, 6.45) is 2.56. The molecular formula is C22H27N5O6.